The fourth-order valence-electron chi connectivity index (χ4n) is 2.69. The third-order valence-corrected chi connectivity index (χ3v) is 5.84. The van der Waals surface area contributed by atoms with E-state index in [2.05, 4.69) is 15.5 Å². The number of benzene rings is 1. The minimum atomic E-state index is -3.80. The molecule has 1 N–H and O–H groups in total. The largest absolute Gasteiger partial charge is 0.376 e. The molecule has 0 spiro atoms. The Bertz CT molecular complexity index is 926. The molecule has 9 heteroatoms. The molecule has 3 rings (SSSR count). The van der Waals surface area contributed by atoms with Crippen molar-refractivity contribution >= 4 is 24.1 Å². The summed E-state index contributed by atoms with van der Waals surface area (Å²) in [5.41, 5.74) is 1.72. The molecule has 2 heterocycles. The van der Waals surface area contributed by atoms with Crippen molar-refractivity contribution in [1.29, 1.82) is 0 Å². The Morgan fingerprint density at radius 3 is 2.40 bits per heavy atom. The second kappa shape index (κ2) is 6.80. The van der Waals surface area contributed by atoms with Crippen molar-refractivity contribution in [1.82, 2.24) is 20.0 Å². The van der Waals surface area contributed by atoms with Crippen LogP contribution in [0.25, 0.3) is 16.6 Å². The molecule has 3 aromatic rings. The maximum Gasteiger partial charge on any atom is 0.363 e. The standard InChI is InChI=1S/C16H21N4O4P/c1-10(2)23-25(22,24-11(3)4)16(21)13-6-5-7-14-12(13)8-9-15-17-18-19-20(14)15/h5-11,16,21H,1-4H3. The van der Waals surface area contributed by atoms with Gasteiger partial charge >= 0.3 is 7.60 Å². The summed E-state index contributed by atoms with van der Waals surface area (Å²) in [5.74, 6) is -1.42. The quantitative estimate of drug-likeness (QED) is 0.670. The van der Waals surface area contributed by atoms with E-state index in [9.17, 15) is 9.67 Å². The summed E-state index contributed by atoms with van der Waals surface area (Å²) >= 11 is 0. The van der Waals surface area contributed by atoms with Gasteiger partial charge in [-0.2, -0.15) is 4.52 Å². The highest BCUT2D eigenvalue weighted by Gasteiger charge is 2.38. The van der Waals surface area contributed by atoms with E-state index in [-0.39, 0.29) is 12.2 Å². The summed E-state index contributed by atoms with van der Waals surface area (Å²) in [5, 5.41) is 23.1. The van der Waals surface area contributed by atoms with Gasteiger partial charge in [0.15, 0.2) is 11.5 Å². The number of nitrogens with zero attached hydrogens (tertiary/aromatic N) is 4. The van der Waals surface area contributed by atoms with Crippen LogP contribution in [0.15, 0.2) is 30.3 Å². The van der Waals surface area contributed by atoms with Crippen LogP contribution in [0.4, 0.5) is 0 Å². The van der Waals surface area contributed by atoms with Crippen LogP contribution in [0.2, 0.25) is 0 Å². The Morgan fingerprint density at radius 1 is 1.08 bits per heavy atom. The van der Waals surface area contributed by atoms with Gasteiger partial charge in [-0.05, 0) is 56.3 Å². The second-order valence-corrected chi connectivity index (χ2v) is 8.27. The number of hydrogen-bond donors (Lipinski definition) is 1. The summed E-state index contributed by atoms with van der Waals surface area (Å²) in [6.45, 7) is 6.99. The van der Waals surface area contributed by atoms with Crippen molar-refractivity contribution < 1.29 is 18.7 Å². The van der Waals surface area contributed by atoms with E-state index < -0.39 is 13.4 Å². The molecular formula is C16H21N4O4P. The molecule has 2 aromatic heterocycles. The topological polar surface area (TPSA) is 98.8 Å². The molecule has 0 radical (unpaired) electrons. The van der Waals surface area contributed by atoms with Gasteiger partial charge in [0.05, 0.1) is 17.7 Å². The van der Waals surface area contributed by atoms with E-state index in [1.54, 1.807) is 56.5 Å². The average Bonchev–Trinajstić information content (AvgIpc) is 3.01. The predicted molar refractivity (Wildman–Crippen MR) is 93.3 cm³/mol. The van der Waals surface area contributed by atoms with Gasteiger partial charge in [-0.1, -0.05) is 12.1 Å². The zero-order valence-corrected chi connectivity index (χ0v) is 15.4. The maximum absolute atomic E-state index is 13.3. The van der Waals surface area contributed by atoms with E-state index in [1.807, 2.05) is 6.07 Å². The van der Waals surface area contributed by atoms with Gasteiger partial charge in [0, 0.05) is 10.9 Å². The van der Waals surface area contributed by atoms with E-state index >= 15 is 0 Å². The zero-order valence-electron chi connectivity index (χ0n) is 14.5. The molecule has 0 bridgehead atoms. The number of fused-ring (bicyclic) bond motifs is 3. The minimum Gasteiger partial charge on any atom is -0.376 e. The highest BCUT2D eigenvalue weighted by Crippen LogP contribution is 2.61. The maximum atomic E-state index is 13.3. The molecule has 1 unspecified atom stereocenters. The van der Waals surface area contributed by atoms with Crippen LogP contribution in [-0.4, -0.2) is 37.4 Å². The Kier molecular flexibility index (Phi) is 4.88. The molecule has 1 aromatic carbocycles. The van der Waals surface area contributed by atoms with E-state index in [4.69, 9.17) is 9.05 Å². The van der Waals surface area contributed by atoms with Crippen LogP contribution in [0, 0.1) is 0 Å². The van der Waals surface area contributed by atoms with E-state index in [0.717, 1.165) is 0 Å². The Balaban J connectivity index is 2.14. The molecule has 0 saturated heterocycles. The number of hydrogen-bond acceptors (Lipinski definition) is 7. The van der Waals surface area contributed by atoms with Gasteiger partial charge in [0.2, 0.25) is 0 Å². The molecule has 0 amide bonds. The summed E-state index contributed by atoms with van der Waals surface area (Å²) in [4.78, 5) is 0. The van der Waals surface area contributed by atoms with Crippen LogP contribution in [0.5, 0.6) is 0 Å². The first-order valence-electron chi connectivity index (χ1n) is 8.06. The van der Waals surface area contributed by atoms with Crippen LogP contribution >= 0.6 is 7.60 Å². The molecule has 0 aliphatic rings. The SMILES string of the molecule is CC(C)OP(=O)(OC(C)C)C(O)c1cccc2c1ccc1nnnn12. The number of aliphatic hydroxyl groups is 1. The van der Waals surface area contributed by atoms with Crippen molar-refractivity contribution in [2.45, 2.75) is 45.7 Å². The van der Waals surface area contributed by atoms with Gasteiger partial charge < -0.3 is 14.2 Å². The second-order valence-electron chi connectivity index (χ2n) is 6.28. The molecule has 8 nitrogen and oxygen atoms in total. The lowest BCUT2D eigenvalue weighted by Gasteiger charge is -2.27. The average molecular weight is 364 g/mol. The highest BCUT2D eigenvalue weighted by molar-refractivity contribution is 7.54. The fourth-order valence-corrected chi connectivity index (χ4v) is 4.71. The fraction of sp³-hybridized carbons (Fsp3) is 0.438. The molecular weight excluding hydrogens is 343 g/mol. The molecule has 0 saturated carbocycles. The Labute approximate surface area is 145 Å². The normalized spacial score (nSPS) is 14.0. The highest BCUT2D eigenvalue weighted by atomic mass is 31.2. The number of rotatable bonds is 6. The molecule has 25 heavy (non-hydrogen) atoms. The van der Waals surface area contributed by atoms with E-state index in [1.165, 1.54) is 0 Å². The lowest BCUT2D eigenvalue weighted by Crippen LogP contribution is -2.14. The smallest absolute Gasteiger partial charge is 0.363 e. The van der Waals surface area contributed by atoms with E-state index in [0.29, 0.717) is 22.1 Å². The Morgan fingerprint density at radius 2 is 1.76 bits per heavy atom. The minimum absolute atomic E-state index is 0.361. The molecule has 0 aliphatic heterocycles. The number of aliphatic hydroxyl groups excluding tert-OH is 1. The van der Waals surface area contributed by atoms with Crippen molar-refractivity contribution in [3.63, 3.8) is 0 Å². The van der Waals surface area contributed by atoms with Gasteiger partial charge in [-0.3, -0.25) is 4.57 Å². The first-order chi connectivity index (χ1) is 11.8. The third-order valence-electron chi connectivity index (χ3n) is 3.53. The monoisotopic (exact) mass is 364 g/mol. The molecule has 134 valence electrons. The summed E-state index contributed by atoms with van der Waals surface area (Å²) in [6.07, 6.45) is -0.721. The summed E-state index contributed by atoms with van der Waals surface area (Å²) in [6, 6.07) is 8.79. The van der Waals surface area contributed by atoms with Gasteiger partial charge in [-0.15, -0.1) is 5.10 Å². The van der Waals surface area contributed by atoms with Crippen molar-refractivity contribution in [3.05, 3.63) is 35.9 Å². The van der Waals surface area contributed by atoms with Crippen molar-refractivity contribution in [2.24, 2.45) is 0 Å². The first kappa shape index (κ1) is 17.9. The van der Waals surface area contributed by atoms with Gasteiger partial charge in [0.25, 0.3) is 0 Å². The number of aromatic nitrogens is 4. The van der Waals surface area contributed by atoms with Crippen molar-refractivity contribution in [3.8, 4) is 0 Å². The Hall–Kier alpha value is -1.86. The van der Waals surface area contributed by atoms with Crippen molar-refractivity contribution in [2.75, 3.05) is 0 Å². The molecule has 1 atom stereocenters. The lowest BCUT2D eigenvalue weighted by atomic mass is 10.1. The number of tetrazole rings is 1. The lowest BCUT2D eigenvalue weighted by molar-refractivity contribution is 0.101. The third kappa shape index (κ3) is 3.43. The van der Waals surface area contributed by atoms with Crippen LogP contribution < -0.4 is 0 Å². The molecule has 0 aliphatic carbocycles. The van der Waals surface area contributed by atoms with Crippen LogP contribution in [0.1, 0.15) is 39.1 Å². The predicted octanol–water partition coefficient (Wildman–Crippen LogP) is 3.31. The first-order valence-corrected chi connectivity index (χ1v) is 9.67. The number of pyridine rings is 1. The molecule has 0 fully saturated rings. The van der Waals surface area contributed by atoms with Gasteiger partial charge in [0.1, 0.15) is 0 Å². The van der Waals surface area contributed by atoms with Gasteiger partial charge in [-0.25, -0.2) is 0 Å². The summed E-state index contributed by atoms with van der Waals surface area (Å²) in [7, 11) is -3.80. The van der Waals surface area contributed by atoms with Crippen LogP contribution in [-0.2, 0) is 13.6 Å². The van der Waals surface area contributed by atoms with Crippen LogP contribution in [0.3, 0.4) is 0 Å². The summed E-state index contributed by atoms with van der Waals surface area (Å²) < 4.78 is 25.9. The zero-order chi connectivity index (χ0) is 18.2.